The highest BCUT2D eigenvalue weighted by Gasteiger charge is 2.59. The van der Waals surface area contributed by atoms with Gasteiger partial charge in [-0.1, -0.05) is 17.3 Å². The molecule has 0 saturated heterocycles. The molecule has 40 heavy (non-hydrogen) atoms. The van der Waals surface area contributed by atoms with E-state index in [9.17, 15) is 18.0 Å². The van der Waals surface area contributed by atoms with Crippen molar-refractivity contribution in [2.24, 2.45) is 11.8 Å². The van der Waals surface area contributed by atoms with Crippen molar-refractivity contribution >= 4 is 11.6 Å². The van der Waals surface area contributed by atoms with Crippen molar-refractivity contribution in [2.45, 2.75) is 45.8 Å². The van der Waals surface area contributed by atoms with Crippen LogP contribution in [-0.2, 0) is 11.2 Å². The van der Waals surface area contributed by atoms with Gasteiger partial charge in [0, 0.05) is 17.4 Å². The number of carbonyl (C=O) groups excluding carboxylic acids is 1. The SMILES string of the molecule is COc1cc(-c2cn([C@H]3C4CCc5c(C)cc(C)cc5N(CC(F)(F)F)C(=O)[C@H]43)nn2)ccc1-n1cnc(C)c1. The van der Waals surface area contributed by atoms with Crippen LogP contribution in [-0.4, -0.2) is 50.3 Å². The average Bonchev–Trinajstić information content (AvgIpc) is 3.19. The number of halogens is 3. The molecule has 2 aromatic heterocycles. The Morgan fingerprint density at radius 3 is 2.58 bits per heavy atom. The predicted octanol–water partition coefficient (Wildman–Crippen LogP) is 5.39. The number of fused-ring (bicyclic) bond motifs is 2. The number of hydrogen-bond donors (Lipinski definition) is 0. The van der Waals surface area contributed by atoms with Gasteiger partial charge in [-0.15, -0.1) is 5.10 Å². The zero-order valence-electron chi connectivity index (χ0n) is 22.6. The molecule has 2 aromatic carbocycles. The Hall–Kier alpha value is -4.15. The average molecular weight is 551 g/mol. The van der Waals surface area contributed by atoms with E-state index in [1.54, 1.807) is 30.4 Å². The molecule has 3 atom stereocenters. The van der Waals surface area contributed by atoms with Crippen LogP contribution >= 0.6 is 0 Å². The Morgan fingerprint density at radius 2 is 1.88 bits per heavy atom. The molecule has 1 amide bonds. The van der Waals surface area contributed by atoms with Gasteiger partial charge in [-0.2, -0.15) is 13.2 Å². The van der Waals surface area contributed by atoms with Gasteiger partial charge in [0.1, 0.15) is 18.0 Å². The third-order valence-electron chi connectivity index (χ3n) is 7.91. The minimum atomic E-state index is -4.52. The van der Waals surface area contributed by atoms with Crippen LogP contribution in [0.5, 0.6) is 5.75 Å². The second-order valence-electron chi connectivity index (χ2n) is 10.7. The molecule has 2 aliphatic rings. The first-order chi connectivity index (χ1) is 19.0. The van der Waals surface area contributed by atoms with Gasteiger partial charge in [-0.25, -0.2) is 9.67 Å². The molecule has 11 heteroatoms. The van der Waals surface area contributed by atoms with Crippen molar-refractivity contribution in [3.8, 4) is 22.7 Å². The summed E-state index contributed by atoms with van der Waals surface area (Å²) in [4.78, 5) is 18.9. The molecule has 0 radical (unpaired) electrons. The topological polar surface area (TPSA) is 78.1 Å². The summed E-state index contributed by atoms with van der Waals surface area (Å²) in [6.45, 7) is 4.31. The van der Waals surface area contributed by atoms with E-state index in [4.69, 9.17) is 4.74 Å². The number of alkyl halides is 3. The lowest BCUT2D eigenvalue weighted by Crippen LogP contribution is -2.41. The molecule has 4 aromatic rings. The number of carbonyl (C=O) groups is 1. The van der Waals surface area contributed by atoms with Crippen molar-refractivity contribution in [1.29, 1.82) is 0 Å². The molecular formula is C29H29F3N6O2. The number of rotatable bonds is 5. The molecule has 1 unspecified atom stereocenters. The summed E-state index contributed by atoms with van der Waals surface area (Å²) in [7, 11) is 1.59. The van der Waals surface area contributed by atoms with Crippen LogP contribution in [0, 0.1) is 32.6 Å². The van der Waals surface area contributed by atoms with Crippen molar-refractivity contribution in [3.63, 3.8) is 0 Å². The Labute approximate surface area is 229 Å². The highest BCUT2D eigenvalue weighted by molar-refractivity contribution is 5.99. The first kappa shape index (κ1) is 26.1. The summed E-state index contributed by atoms with van der Waals surface area (Å²) in [5, 5.41) is 8.65. The van der Waals surface area contributed by atoms with Crippen LogP contribution in [0.1, 0.15) is 34.8 Å². The molecule has 0 spiro atoms. The zero-order valence-corrected chi connectivity index (χ0v) is 22.6. The van der Waals surface area contributed by atoms with Gasteiger partial charge >= 0.3 is 6.18 Å². The lowest BCUT2D eigenvalue weighted by Gasteiger charge is -2.29. The van der Waals surface area contributed by atoms with E-state index in [2.05, 4.69) is 15.3 Å². The van der Waals surface area contributed by atoms with Crippen LogP contribution in [0.4, 0.5) is 18.9 Å². The Bertz CT molecular complexity index is 1610. The van der Waals surface area contributed by atoms with Crippen LogP contribution in [0.25, 0.3) is 16.9 Å². The third-order valence-corrected chi connectivity index (χ3v) is 7.91. The Morgan fingerprint density at radius 1 is 1.07 bits per heavy atom. The van der Waals surface area contributed by atoms with Gasteiger partial charge in [0.15, 0.2) is 0 Å². The number of aryl methyl sites for hydroxylation is 3. The number of ether oxygens (including phenoxy) is 1. The summed E-state index contributed by atoms with van der Waals surface area (Å²) >= 11 is 0. The smallest absolute Gasteiger partial charge is 0.406 e. The van der Waals surface area contributed by atoms with Crippen molar-refractivity contribution in [3.05, 3.63) is 71.4 Å². The van der Waals surface area contributed by atoms with E-state index in [1.807, 2.05) is 55.8 Å². The molecule has 0 N–H and O–H groups in total. The van der Waals surface area contributed by atoms with Crippen molar-refractivity contribution in [1.82, 2.24) is 24.5 Å². The molecule has 0 bridgehead atoms. The Balaban J connectivity index is 1.30. The fraction of sp³-hybridized carbons (Fsp3) is 0.379. The van der Waals surface area contributed by atoms with Crippen LogP contribution in [0.2, 0.25) is 0 Å². The highest BCUT2D eigenvalue weighted by atomic mass is 19.4. The zero-order chi connectivity index (χ0) is 28.3. The molecule has 6 rings (SSSR count). The van der Waals surface area contributed by atoms with E-state index in [-0.39, 0.29) is 12.0 Å². The normalized spacial score (nSPS) is 20.5. The summed E-state index contributed by atoms with van der Waals surface area (Å²) in [6.07, 6.45) is 2.12. The summed E-state index contributed by atoms with van der Waals surface area (Å²) in [5.41, 5.74) is 5.94. The summed E-state index contributed by atoms with van der Waals surface area (Å²) < 4.78 is 50.1. The minimum absolute atomic E-state index is 0.118. The minimum Gasteiger partial charge on any atom is -0.495 e. The van der Waals surface area contributed by atoms with Crippen molar-refractivity contribution in [2.75, 3.05) is 18.6 Å². The number of aromatic nitrogens is 5. The van der Waals surface area contributed by atoms with Gasteiger partial charge in [-0.05, 0) is 74.4 Å². The second-order valence-corrected chi connectivity index (χ2v) is 10.7. The van der Waals surface area contributed by atoms with Gasteiger partial charge < -0.3 is 14.2 Å². The quantitative estimate of drug-likeness (QED) is 0.333. The number of anilines is 1. The van der Waals surface area contributed by atoms with Gasteiger partial charge in [0.25, 0.3) is 0 Å². The number of benzene rings is 2. The molecule has 1 aliphatic carbocycles. The molecule has 1 fully saturated rings. The summed E-state index contributed by atoms with van der Waals surface area (Å²) in [6, 6.07) is 8.95. The van der Waals surface area contributed by atoms with Gasteiger partial charge in [0.05, 0.1) is 43.0 Å². The summed E-state index contributed by atoms with van der Waals surface area (Å²) in [5.74, 6) is -0.601. The molecule has 1 aliphatic heterocycles. The molecule has 1 saturated carbocycles. The molecular weight excluding hydrogens is 521 g/mol. The van der Waals surface area contributed by atoms with E-state index in [0.29, 0.717) is 30.0 Å². The first-order valence-electron chi connectivity index (χ1n) is 13.1. The van der Waals surface area contributed by atoms with Gasteiger partial charge in [-0.3, -0.25) is 4.79 Å². The lowest BCUT2D eigenvalue weighted by atomic mass is 9.95. The van der Waals surface area contributed by atoms with Crippen molar-refractivity contribution < 1.29 is 22.7 Å². The Kier molecular flexibility index (Phi) is 6.19. The highest BCUT2D eigenvalue weighted by Crippen LogP contribution is 2.56. The maximum absolute atomic E-state index is 13.7. The van der Waals surface area contributed by atoms with Gasteiger partial charge in [0.2, 0.25) is 5.91 Å². The number of amides is 1. The molecule has 208 valence electrons. The fourth-order valence-corrected chi connectivity index (χ4v) is 6.05. The largest absolute Gasteiger partial charge is 0.495 e. The second kappa shape index (κ2) is 9.50. The van der Waals surface area contributed by atoms with E-state index in [1.165, 1.54) is 0 Å². The third kappa shape index (κ3) is 4.63. The maximum Gasteiger partial charge on any atom is 0.406 e. The number of nitrogens with zero attached hydrogens (tertiary/aromatic N) is 6. The monoisotopic (exact) mass is 550 g/mol. The van der Waals surface area contributed by atoms with E-state index < -0.39 is 24.5 Å². The van der Waals surface area contributed by atoms with Crippen LogP contribution < -0.4 is 9.64 Å². The predicted molar refractivity (Wildman–Crippen MR) is 143 cm³/mol. The molecule has 3 heterocycles. The number of hydrogen-bond acceptors (Lipinski definition) is 5. The maximum atomic E-state index is 13.7. The van der Waals surface area contributed by atoms with E-state index in [0.717, 1.165) is 38.5 Å². The standard InChI is InChI=1S/C29H29F3N6O2/c1-16-9-17(2)20-6-7-21-26(28(39)37(24(20)10-16)14-29(30,31)32)27(21)38-13-22(34-35-38)19-5-8-23(25(11-19)40-4)36-12-18(3)33-15-36/h5,8-13,15,21,26-27H,6-7,14H2,1-4H3/t21?,26-,27+/m1/s1. The number of imidazole rings is 1. The van der Waals surface area contributed by atoms with Crippen LogP contribution in [0.3, 0.4) is 0 Å². The lowest BCUT2D eigenvalue weighted by molar-refractivity contribution is -0.133. The van der Waals surface area contributed by atoms with Crippen LogP contribution in [0.15, 0.2) is 49.1 Å². The fourth-order valence-electron chi connectivity index (χ4n) is 6.05. The molecule has 8 nitrogen and oxygen atoms in total. The number of methoxy groups -OCH3 is 1. The van der Waals surface area contributed by atoms with E-state index >= 15 is 0 Å². The first-order valence-corrected chi connectivity index (χ1v) is 13.1.